The van der Waals surface area contributed by atoms with Crippen LogP contribution in [0.4, 0.5) is 0 Å². The van der Waals surface area contributed by atoms with Crippen molar-refractivity contribution in [2.75, 3.05) is 6.54 Å². The van der Waals surface area contributed by atoms with Crippen molar-refractivity contribution in [2.24, 2.45) is 11.8 Å². The van der Waals surface area contributed by atoms with Gasteiger partial charge in [0.1, 0.15) is 12.1 Å². The predicted octanol–water partition coefficient (Wildman–Crippen LogP) is 2.05. The van der Waals surface area contributed by atoms with Crippen molar-refractivity contribution < 1.29 is 9.59 Å². The van der Waals surface area contributed by atoms with Crippen molar-refractivity contribution in [3.63, 3.8) is 0 Å². The lowest BCUT2D eigenvalue weighted by Crippen LogP contribution is -2.65. The van der Waals surface area contributed by atoms with Crippen molar-refractivity contribution in [1.29, 1.82) is 0 Å². The van der Waals surface area contributed by atoms with Gasteiger partial charge in [-0.05, 0) is 42.5 Å². The van der Waals surface area contributed by atoms with Crippen LogP contribution in [0.15, 0.2) is 17.5 Å². The van der Waals surface area contributed by atoms with E-state index >= 15 is 0 Å². The lowest BCUT2D eigenvalue weighted by molar-refractivity contribution is -0.151. The van der Waals surface area contributed by atoms with E-state index in [9.17, 15) is 9.59 Å². The lowest BCUT2D eigenvalue weighted by Gasteiger charge is -2.41. The molecule has 1 aromatic rings. The number of nitrogens with zero attached hydrogens (tertiary/aromatic N) is 1. The molecule has 0 radical (unpaired) electrons. The van der Waals surface area contributed by atoms with E-state index in [1.54, 1.807) is 11.3 Å². The van der Waals surface area contributed by atoms with Crippen molar-refractivity contribution >= 4 is 23.2 Å². The number of hydrogen-bond acceptors (Lipinski definition) is 3. The van der Waals surface area contributed by atoms with Gasteiger partial charge in [-0.25, -0.2) is 0 Å². The summed E-state index contributed by atoms with van der Waals surface area (Å²) in [6.45, 7) is 4.65. The second kappa shape index (κ2) is 5.79. The molecule has 0 bridgehead atoms. The summed E-state index contributed by atoms with van der Waals surface area (Å²) < 4.78 is 0. The van der Waals surface area contributed by atoms with E-state index in [-0.39, 0.29) is 29.8 Å². The Labute approximate surface area is 129 Å². The SMILES string of the molecule is CC(C)C1C(=O)NC(C2CC2)C(=O)N1CCc1cccs1. The fourth-order valence-electron chi connectivity index (χ4n) is 3.10. The maximum Gasteiger partial charge on any atom is 0.246 e. The van der Waals surface area contributed by atoms with E-state index in [1.165, 1.54) is 4.88 Å². The Bertz CT molecular complexity index is 522. The average Bonchev–Trinajstić information content (AvgIpc) is 3.15. The Morgan fingerprint density at radius 3 is 2.71 bits per heavy atom. The van der Waals surface area contributed by atoms with Crippen molar-refractivity contribution in [3.05, 3.63) is 22.4 Å². The fraction of sp³-hybridized carbons (Fsp3) is 0.625. The summed E-state index contributed by atoms with van der Waals surface area (Å²) in [4.78, 5) is 28.2. The third-order valence-electron chi connectivity index (χ3n) is 4.36. The molecule has 21 heavy (non-hydrogen) atoms. The third kappa shape index (κ3) is 2.98. The molecule has 1 saturated heterocycles. The van der Waals surface area contributed by atoms with E-state index in [1.807, 2.05) is 30.2 Å². The van der Waals surface area contributed by atoms with Crippen LogP contribution < -0.4 is 5.32 Å². The van der Waals surface area contributed by atoms with E-state index in [2.05, 4.69) is 11.4 Å². The molecule has 2 heterocycles. The first-order chi connectivity index (χ1) is 10.1. The second-order valence-electron chi connectivity index (χ2n) is 6.37. The van der Waals surface area contributed by atoms with Crippen LogP contribution in [0.1, 0.15) is 31.6 Å². The number of amides is 2. The van der Waals surface area contributed by atoms with Gasteiger partial charge in [0.05, 0.1) is 0 Å². The molecule has 1 N–H and O–H groups in total. The zero-order valence-corrected chi connectivity index (χ0v) is 13.4. The average molecular weight is 306 g/mol. The fourth-order valence-corrected chi connectivity index (χ4v) is 3.80. The minimum Gasteiger partial charge on any atom is -0.342 e. The minimum atomic E-state index is -0.326. The van der Waals surface area contributed by atoms with Crippen LogP contribution in [0, 0.1) is 11.8 Å². The first kappa shape index (κ1) is 14.6. The Kier molecular flexibility index (Phi) is 4.02. The molecule has 1 aromatic heterocycles. The first-order valence-electron chi connectivity index (χ1n) is 7.71. The first-order valence-corrected chi connectivity index (χ1v) is 8.59. The molecule has 2 amide bonds. The van der Waals surface area contributed by atoms with Gasteiger partial charge in [-0.15, -0.1) is 11.3 Å². The normalized spacial score (nSPS) is 26.3. The molecule has 2 unspecified atom stereocenters. The second-order valence-corrected chi connectivity index (χ2v) is 7.41. The molecule has 114 valence electrons. The number of carbonyl (C=O) groups excluding carboxylic acids is 2. The summed E-state index contributed by atoms with van der Waals surface area (Å²) in [5.41, 5.74) is 0. The van der Waals surface area contributed by atoms with Gasteiger partial charge in [0.2, 0.25) is 11.8 Å². The number of rotatable bonds is 5. The largest absolute Gasteiger partial charge is 0.342 e. The topological polar surface area (TPSA) is 49.4 Å². The van der Waals surface area contributed by atoms with Gasteiger partial charge < -0.3 is 10.2 Å². The van der Waals surface area contributed by atoms with Crippen molar-refractivity contribution in [3.8, 4) is 0 Å². The van der Waals surface area contributed by atoms with Crippen molar-refractivity contribution in [1.82, 2.24) is 10.2 Å². The van der Waals surface area contributed by atoms with E-state index < -0.39 is 0 Å². The van der Waals surface area contributed by atoms with E-state index in [0.717, 1.165) is 19.3 Å². The molecule has 2 aliphatic rings. The van der Waals surface area contributed by atoms with Crippen LogP contribution >= 0.6 is 11.3 Å². The Morgan fingerprint density at radius 2 is 2.14 bits per heavy atom. The molecule has 1 aliphatic heterocycles. The molecule has 2 fully saturated rings. The Hall–Kier alpha value is -1.36. The highest BCUT2D eigenvalue weighted by Crippen LogP contribution is 2.35. The molecule has 1 aliphatic carbocycles. The lowest BCUT2D eigenvalue weighted by atomic mass is 9.95. The van der Waals surface area contributed by atoms with Gasteiger partial charge in [-0.1, -0.05) is 19.9 Å². The highest BCUT2D eigenvalue weighted by Gasteiger charge is 2.47. The molecular weight excluding hydrogens is 284 g/mol. The molecule has 0 aromatic carbocycles. The molecular formula is C16H22N2O2S. The van der Waals surface area contributed by atoms with Crippen LogP contribution in [-0.4, -0.2) is 35.3 Å². The molecule has 3 rings (SSSR count). The maximum atomic E-state index is 12.7. The summed E-state index contributed by atoms with van der Waals surface area (Å²) in [7, 11) is 0. The van der Waals surface area contributed by atoms with Gasteiger partial charge in [0, 0.05) is 11.4 Å². The molecule has 2 atom stereocenters. The minimum absolute atomic E-state index is 0.0210. The van der Waals surface area contributed by atoms with E-state index in [0.29, 0.717) is 12.5 Å². The standard InChI is InChI=1S/C16H22N2O2S/c1-10(2)14-15(19)17-13(11-5-6-11)16(20)18(14)8-7-12-4-3-9-21-12/h3-4,9-11,13-14H,5-8H2,1-2H3,(H,17,19). The zero-order valence-electron chi connectivity index (χ0n) is 12.5. The summed E-state index contributed by atoms with van der Waals surface area (Å²) in [6, 6.07) is 3.50. The van der Waals surface area contributed by atoms with Gasteiger partial charge in [0.25, 0.3) is 0 Å². The summed E-state index contributed by atoms with van der Waals surface area (Å²) in [5.74, 6) is 0.635. The van der Waals surface area contributed by atoms with Gasteiger partial charge >= 0.3 is 0 Å². The number of carbonyl (C=O) groups is 2. The highest BCUT2D eigenvalue weighted by molar-refractivity contribution is 7.09. The molecule has 1 saturated carbocycles. The Balaban J connectivity index is 1.76. The molecule has 4 nitrogen and oxygen atoms in total. The summed E-state index contributed by atoms with van der Waals surface area (Å²) in [6.07, 6.45) is 2.95. The number of hydrogen-bond donors (Lipinski definition) is 1. The van der Waals surface area contributed by atoms with Crippen LogP contribution in [0.3, 0.4) is 0 Å². The van der Waals surface area contributed by atoms with Gasteiger partial charge in [-0.2, -0.15) is 0 Å². The third-order valence-corrected chi connectivity index (χ3v) is 5.29. The Morgan fingerprint density at radius 1 is 1.38 bits per heavy atom. The van der Waals surface area contributed by atoms with Crippen LogP contribution in [0.5, 0.6) is 0 Å². The van der Waals surface area contributed by atoms with Crippen LogP contribution in [-0.2, 0) is 16.0 Å². The number of nitrogens with one attached hydrogen (secondary N) is 1. The molecule has 5 heteroatoms. The van der Waals surface area contributed by atoms with E-state index in [4.69, 9.17) is 0 Å². The van der Waals surface area contributed by atoms with Crippen LogP contribution in [0.25, 0.3) is 0 Å². The smallest absolute Gasteiger partial charge is 0.246 e. The molecule has 0 spiro atoms. The zero-order chi connectivity index (χ0) is 15.0. The van der Waals surface area contributed by atoms with Crippen LogP contribution in [0.2, 0.25) is 0 Å². The highest BCUT2D eigenvalue weighted by atomic mass is 32.1. The number of piperazine rings is 1. The maximum absolute atomic E-state index is 12.7. The predicted molar refractivity (Wildman–Crippen MR) is 83.0 cm³/mol. The number of thiophene rings is 1. The summed E-state index contributed by atoms with van der Waals surface area (Å²) >= 11 is 1.70. The quantitative estimate of drug-likeness (QED) is 0.905. The van der Waals surface area contributed by atoms with Gasteiger partial charge in [-0.3, -0.25) is 9.59 Å². The monoisotopic (exact) mass is 306 g/mol. The summed E-state index contributed by atoms with van der Waals surface area (Å²) in [5, 5.41) is 5.00. The van der Waals surface area contributed by atoms with Gasteiger partial charge in [0.15, 0.2) is 0 Å². The van der Waals surface area contributed by atoms with Crippen molar-refractivity contribution in [2.45, 2.75) is 45.2 Å².